The molecule has 174 valence electrons. The Morgan fingerprint density at radius 1 is 0.938 bits per heavy atom. The lowest BCUT2D eigenvalue weighted by Gasteiger charge is -2.20. The van der Waals surface area contributed by atoms with Crippen LogP contribution in [-0.2, 0) is 4.79 Å². The van der Waals surface area contributed by atoms with Crippen molar-refractivity contribution in [1.29, 1.82) is 0 Å². The van der Waals surface area contributed by atoms with Gasteiger partial charge in [0.15, 0.2) is 5.96 Å². The lowest BCUT2D eigenvalue weighted by atomic mass is 10.1. The van der Waals surface area contributed by atoms with E-state index < -0.39 is 0 Å². The van der Waals surface area contributed by atoms with Crippen molar-refractivity contribution in [1.82, 2.24) is 20.4 Å². The average Bonchev–Trinajstić information content (AvgIpc) is 2.92. The predicted molar refractivity (Wildman–Crippen MR) is 125 cm³/mol. The van der Waals surface area contributed by atoms with Crippen LogP contribution >= 0.6 is 0 Å². The number of aliphatic imine (C=N–C) groups is 1. The number of hydrogen-bond donors (Lipinski definition) is 2. The van der Waals surface area contributed by atoms with E-state index in [-0.39, 0.29) is 17.7 Å². The van der Waals surface area contributed by atoms with Gasteiger partial charge in [0.1, 0.15) is 0 Å². The molecular formula is C24H35N5O3. The molecule has 1 fully saturated rings. The fourth-order valence-corrected chi connectivity index (χ4v) is 4.11. The van der Waals surface area contributed by atoms with Gasteiger partial charge in [0.05, 0.1) is 11.1 Å². The van der Waals surface area contributed by atoms with Gasteiger partial charge in [0.2, 0.25) is 5.91 Å². The Hall–Kier alpha value is -2.90. The van der Waals surface area contributed by atoms with Crippen molar-refractivity contribution >= 4 is 23.7 Å². The number of nitrogens with one attached hydrogen (secondary N) is 2. The maximum Gasteiger partial charge on any atom is 0.261 e. The van der Waals surface area contributed by atoms with E-state index in [1.54, 1.807) is 24.3 Å². The Labute approximate surface area is 190 Å². The number of benzene rings is 1. The van der Waals surface area contributed by atoms with Crippen molar-refractivity contribution in [3.63, 3.8) is 0 Å². The van der Waals surface area contributed by atoms with Gasteiger partial charge in [-0.25, -0.2) is 0 Å². The maximum atomic E-state index is 12.4. The van der Waals surface area contributed by atoms with E-state index >= 15 is 0 Å². The van der Waals surface area contributed by atoms with Gasteiger partial charge in [0.25, 0.3) is 11.8 Å². The van der Waals surface area contributed by atoms with Crippen LogP contribution in [-0.4, -0.2) is 72.7 Å². The number of carbonyl (C=O) groups is 3. The lowest BCUT2D eigenvalue weighted by molar-refractivity contribution is -0.130. The molecule has 0 saturated carbocycles. The minimum absolute atomic E-state index is 0.198. The van der Waals surface area contributed by atoms with Gasteiger partial charge in [0, 0.05) is 45.7 Å². The monoisotopic (exact) mass is 441 g/mol. The number of imide groups is 1. The number of amides is 3. The number of rotatable bonds is 10. The fraction of sp³-hybridized carbons (Fsp3) is 0.583. The highest BCUT2D eigenvalue weighted by molar-refractivity contribution is 6.21. The summed E-state index contributed by atoms with van der Waals surface area (Å²) < 4.78 is 0. The van der Waals surface area contributed by atoms with Crippen LogP contribution in [0, 0.1) is 0 Å². The van der Waals surface area contributed by atoms with Crippen LogP contribution in [0.4, 0.5) is 0 Å². The number of guanidine groups is 1. The first-order valence-electron chi connectivity index (χ1n) is 11.9. The standard InChI is InChI=1S/C24H35N5O3/c1-2-25-24(27-15-10-17-28-16-8-3-4-13-21(28)30)26-14-7-9-18-29-22(31)19-11-5-6-12-20(19)23(29)32/h5-6,11-12H,2-4,7-10,13-18H2,1H3,(H2,25,26,27). The summed E-state index contributed by atoms with van der Waals surface area (Å²) in [6.45, 7) is 6.22. The summed E-state index contributed by atoms with van der Waals surface area (Å²) in [6, 6.07) is 6.98. The molecule has 3 rings (SSSR count). The van der Waals surface area contributed by atoms with E-state index in [4.69, 9.17) is 0 Å². The minimum atomic E-state index is -0.198. The number of unbranched alkanes of at least 4 members (excludes halogenated alkanes) is 1. The van der Waals surface area contributed by atoms with Crippen molar-refractivity contribution in [2.24, 2.45) is 4.99 Å². The third-order valence-electron chi connectivity index (χ3n) is 5.85. The molecule has 0 aliphatic carbocycles. The van der Waals surface area contributed by atoms with E-state index in [2.05, 4.69) is 15.6 Å². The Kier molecular flexibility index (Phi) is 9.07. The molecular weight excluding hydrogens is 406 g/mol. The second-order valence-electron chi connectivity index (χ2n) is 8.25. The average molecular weight is 442 g/mol. The number of carbonyl (C=O) groups excluding carboxylic acids is 3. The maximum absolute atomic E-state index is 12.4. The zero-order valence-corrected chi connectivity index (χ0v) is 19.1. The van der Waals surface area contributed by atoms with Gasteiger partial charge in [-0.1, -0.05) is 18.6 Å². The Morgan fingerprint density at radius 2 is 1.69 bits per heavy atom. The molecule has 32 heavy (non-hydrogen) atoms. The van der Waals surface area contributed by atoms with Crippen LogP contribution in [0.1, 0.15) is 72.6 Å². The zero-order valence-electron chi connectivity index (χ0n) is 19.1. The largest absolute Gasteiger partial charge is 0.357 e. The number of hydrogen-bond acceptors (Lipinski definition) is 4. The van der Waals surface area contributed by atoms with Crippen LogP contribution in [0.2, 0.25) is 0 Å². The molecule has 0 atom stereocenters. The second kappa shape index (κ2) is 12.2. The summed E-state index contributed by atoms with van der Waals surface area (Å²) in [5.41, 5.74) is 0.998. The molecule has 1 saturated heterocycles. The number of likely N-dealkylation sites (tertiary alicyclic amines) is 1. The van der Waals surface area contributed by atoms with Gasteiger partial charge in [-0.05, 0) is 51.2 Å². The molecule has 8 heteroatoms. The van der Waals surface area contributed by atoms with Crippen molar-refractivity contribution in [2.75, 3.05) is 39.3 Å². The molecule has 0 bridgehead atoms. The van der Waals surface area contributed by atoms with Crippen molar-refractivity contribution in [2.45, 2.75) is 51.9 Å². The zero-order chi connectivity index (χ0) is 22.8. The first-order valence-corrected chi connectivity index (χ1v) is 11.9. The predicted octanol–water partition coefficient (Wildman–Crippen LogP) is 2.41. The Morgan fingerprint density at radius 3 is 2.41 bits per heavy atom. The van der Waals surface area contributed by atoms with Crippen molar-refractivity contribution < 1.29 is 14.4 Å². The molecule has 0 aromatic heterocycles. The minimum Gasteiger partial charge on any atom is -0.357 e. The van der Waals surface area contributed by atoms with E-state index in [0.29, 0.717) is 37.2 Å². The van der Waals surface area contributed by atoms with Crippen LogP contribution < -0.4 is 10.6 Å². The summed E-state index contributed by atoms with van der Waals surface area (Å²) in [6.07, 6.45) is 6.32. The Balaban J connectivity index is 1.35. The molecule has 0 spiro atoms. The molecule has 2 N–H and O–H groups in total. The molecule has 2 aliphatic heterocycles. The van der Waals surface area contributed by atoms with Crippen LogP contribution in [0.15, 0.2) is 29.3 Å². The Bertz CT molecular complexity index is 804. The smallest absolute Gasteiger partial charge is 0.261 e. The second-order valence-corrected chi connectivity index (χ2v) is 8.25. The number of nitrogens with zero attached hydrogens (tertiary/aromatic N) is 3. The molecule has 1 aromatic rings. The topological polar surface area (TPSA) is 94.1 Å². The van der Waals surface area contributed by atoms with Crippen LogP contribution in [0.25, 0.3) is 0 Å². The summed E-state index contributed by atoms with van der Waals surface area (Å²) in [5, 5.41) is 6.55. The molecule has 8 nitrogen and oxygen atoms in total. The first kappa shape index (κ1) is 23.8. The fourth-order valence-electron chi connectivity index (χ4n) is 4.11. The summed E-state index contributed by atoms with van der Waals surface area (Å²) in [4.78, 5) is 44.8. The molecule has 0 radical (unpaired) electrons. The SMILES string of the molecule is CCNC(=NCCCN1CCCCCC1=O)NCCCCN1C(=O)c2ccccc2C1=O. The van der Waals surface area contributed by atoms with Gasteiger partial charge in [-0.3, -0.25) is 24.3 Å². The lowest BCUT2D eigenvalue weighted by Crippen LogP contribution is -2.38. The third-order valence-corrected chi connectivity index (χ3v) is 5.85. The summed E-state index contributed by atoms with van der Waals surface area (Å²) in [7, 11) is 0. The molecule has 0 unspecified atom stereocenters. The van der Waals surface area contributed by atoms with Crippen LogP contribution in [0.5, 0.6) is 0 Å². The molecule has 3 amide bonds. The normalized spacial score (nSPS) is 16.9. The van der Waals surface area contributed by atoms with E-state index in [9.17, 15) is 14.4 Å². The summed E-state index contributed by atoms with van der Waals surface area (Å²) >= 11 is 0. The highest BCUT2D eigenvalue weighted by Gasteiger charge is 2.34. The van der Waals surface area contributed by atoms with Crippen LogP contribution in [0.3, 0.4) is 0 Å². The van der Waals surface area contributed by atoms with Gasteiger partial charge in [-0.2, -0.15) is 0 Å². The molecule has 1 aromatic carbocycles. The van der Waals surface area contributed by atoms with E-state index in [0.717, 1.165) is 64.1 Å². The first-order chi connectivity index (χ1) is 15.6. The van der Waals surface area contributed by atoms with Crippen molar-refractivity contribution in [3.8, 4) is 0 Å². The highest BCUT2D eigenvalue weighted by Crippen LogP contribution is 2.22. The van der Waals surface area contributed by atoms with E-state index in [1.807, 2.05) is 11.8 Å². The van der Waals surface area contributed by atoms with Crippen molar-refractivity contribution in [3.05, 3.63) is 35.4 Å². The van der Waals surface area contributed by atoms with Gasteiger partial charge < -0.3 is 15.5 Å². The van der Waals surface area contributed by atoms with E-state index in [1.165, 1.54) is 4.90 Å². The molecule has 2 aliphatic rings. The highest BCUT2D eigenvalue weighted by atomic mass is 16.2. The summed E-state index contributed by atoms with van der Waals surface area (Å²) in [5.74, 6) is 0.637. The molecule has 2 heterocycles. The van der Waals surface area contributed by atoms with Gasteiger partial charge in [-0.15, -0.1) is 0 Å². The third kappa shape index (κ3) is 6.31. The number of fused-ring (bicyclic) bond motifs is 1. The quantitative estimate of drug-likeness (QED) is 0.252. The van der Waals surface area contributed by atoms with Gasteiger partial charge >= 0.3 is 0 Å².